The zero-order valence-corrected chi connectivity index (χ0v) is 11.3. The molecule has 0 bridgehead atoms. The molecule has 5 nitrogen and oxygen atoms in total. The molecule has 106 valence electrons. The van der Waals surface area contributed by atoms with Gasteiger partial charge in [-0.1, -0.05) is 6.07 Å². The van der Waals surface area contributed by atoms with Crippen LogP contribution in [0.5, 0.6) is 5.75 Å². The lowest BCUT2D eigenvalue weighted by atomic mass is 10.1. The molecule has 0 aliphatic rings. The summed E-state index contributed by atoms with van der Waals surface area (Å²) in [6, 6.07) is 8.43. The number of amides is 1. The first-order valence-electron chi connectivity index (χ1n) is 6.48. The second-order valence-electron chi connectivity index (χ2n) is 4.74. The van der Waals surface area contributed by atoms with Gasteiger partial charge in [0, 0.05) is 12.5 Å². The maximum atomic E-state index is 12.0. The van der Waals surface area contributed by atoms with Crippen LogP contribution in [0.25, 0.3) is 0 Å². The van der Waals surface area contributed by atoms with Gasteiger partial charge in [-0.2, -0.15) is 0 Å². The lowest BCUT2D eigenvalue weighted by Crippen LogP contribution is -2.33. The van der Waals surface area contributed by atoms with Gasteiger partial charge in [0.05, 0.1) is 17.5 Å². The van der Waals surface area contributed by atoms with Crippen LogP contribution in [0.3, 0.4) is 0 Å². The molecule has 1 aromatic carbocycles. The van der Waals surface area contributed by atoms with Gasteiger partial charge in [0.2, 0.25) is 0 Å². The molecule has 0 fully saturated rings. The second-order valence-corrected chi connectivity index (χ2v) is 4.74. The van der Waals surface area contributed by atoms with E-state index in [2.05, 4.69) is 5.32 Å². The largest absolute Gasteiger partial charge is 0.505 e. The molecule has 4 N–H and O–H groups in total. The Morgan fingerprint density at radius 2 is 2.20 bits per heavy atom. The predicted molar refractivity (Wildman–Crippen MR) is 76.5 cm³/mol. The number of anilines is 1. The molecule has 1 heterocycles. The van der Waals surface area contributed by atoms with Crippen LogP contribution in [0.15, 0.2) is 41.0 Å². The highest BCUT2D eigenvalue weighted by molar-refractivity contribution is 5.98. The van der Waals surface area contributed by atoms with Crippen LogP contribution in [-0.4, -0.2) is 17.1 Å². The van der Waals surface area contributed by atoms with Gasteiger partial charge in [0.25, 0.3) is 5.91 Å². The van der Waals surface area contributed by atoms with Crippen LogP contribution in [0, 0.1) is 0 Å². The number of aromatic hydroxyl groups is 1. The highest BCUT2D eigenvalue weighted by atomic mass is 16.3. The normalized spacial score (nSPS) is 12.1. The predicted octanol–water partition coefficient (Wildman–Crippen LogP) is 2.32. The van der Waals surface area contributed by atoms with Gasteiger partial charge in [0.1, 0.15) is 5.76 Å². The summed E-state index contributed by atoms with van der Waals surface area (Å²) in [5.74, 6) is 0.378. The third kappa shape index (κ3) is 3.32. The molecule has 20 heavy (non-hydrogen) atoms. The number of benzene rings is 1. The summed E-state index contributed by atoms with van der Waals surface area (Å²) >= 11 is 0. The highest BCUT2D eigenvalue weighted by Crippen LogP contribution is 2.24. The summed E-state index contributed by atoms with van der Waals surface area (Å²) < 4.78 is 5.24. The molecule has 0 saturated carbocycles. The van der Waals surface area contributed by atoms with E-state index in [0.29, 0.717) is 0 Å². The topological polar surface area (TPSA) is 88.5 Å². The Morgan fingerprint density at radius 1 is 1.40 bits per heavy atom. The fraction of sp³-hybridized carbons (Fsp3) is 0.267. The van der Waals surface area contributed by atoms with Crippen LogP contribution < -0.4 is 11.1 Å². The molecular weight excluding hydrogens is 256 g/mol. The number of nitrogens with two attached hydrogens (primary N) is 1. The van der Waals surface area contributed by atoms with E-state index in [9.17, 15) is 9.90 Å². The van der Waals surface area contributed by atoms with Crippen LogP contribution in [0.1, 0.15) is 29.5 Å². The number of hydrogen-bond donors (Lipinski definition) is 3. The van der Waals surface area contributed by atoms with Crippen molar-refractivity contribution in [2.45, 2.75) is 25.8 Å². The summed E-state index contributed by atoms with van der Waals surface area (Å²) in [5, 5.41) is 12.6. The standard InChI is InChI=1S/C15H18N2O3/c1-10(7-8-11-4-3-9-20-11)17-15(19)12-5-2-6-13(16)14(12)18/h2-6,9-10,18H,7-8,16H2,1H3,(H,17,19). The van der Waals surface area contributed by atoms with Crippen molar-refractivity contribution in [3.63, 3.8) is 0 Å². The Labute approximate surface area is 117 Å². The van der Waals surface area contributed by atoms with Crippen LogP contribution in [0.4, 0.5) is 5.69 Å². The minimum absolute atomic E-state index is 0.0339. The number of nitrogen functional groups attached to an aromatic ring is 1. The van der Waals surface area contributed by atoms with Crippen LogP contribution in [0.2, 0.25) is 0 Å². The monoisotopic (exact) mass is 274 g/mol. The van der Waals surface area contributed by atoms with E-state index < -0.39 is 0 Å². The second kappa shape index (κ2) is 6.14. The summed E-state index contributed by atoms with van der Waals surface area (Å²) in [6.07, 6.45) is 3.13. The third-order valence-corrected chi connectivity index (χ3v) is 3.09. The first-order chi connectivity index (χ1) is 9.58. The highest BCUT2D eigenvalue weighted by Gasteiger charge is 2.15. The van der Waals surface area contributed by atoms with Gasteiger partial charge in [-0.05, 0) is 37.6 Å². The maximum Gasteiger partial charge on any atom is 0.255 e. The van der Waals surface area contributed by atoms with Crippen molar-refractivity contribution in [1.29, 1.82) is 0 Å². The van der Waals surface area contributed by atoms with E-state index in [1.165, 1.54) is 0 Å². The van der Waals surface area contributed by atoms with E-state index in [-0.39, 0.29) is 28.9 Å². The third-order valence-electron chi connectivity index (χ3n) is 3.09. The molecular formula is C15H18N2O3. The fourth-order valence-corrected chi connectivity index (χ4v) is 1.93. The molecule has 0 aliphatic carbocycles. The molecule has 5 heteroatoms. The zero-order valence-electron chi connectivity index (χ0n) is 11.3. The van der Waals surface area contributed by atoms with Gasteiger partial charge in [0.15, 0.2) is 5.75 Å². The molecule has 0 radical (unpaired) electrons. The Kier molecular flexibility index (Phi) is 4.30. The maximum absolute atomic E-state index is 12.0. The Bertz CT molecular complexity index is 579. The average molecular weight is 274 g/mol. The van der Waals surface area contributed by atoms with Crippen molar-refractivity contribution >= 4 is 11.6 Å². The zero-order chi connectivity index (χ0) is 14.5. The van der Waals surface area contributed by atoms with Crippen molar-refractivity contribution in [1.82, 2.24) is 5.32 Å². The van der Waals surface area contributed by atoms with E-state index in [1.807, 2.05) is 19.1 Å². The smallest absolute Gasteiger partial charge is 0.255 e. The summed E-state index contributed by atoms with van der Waals surface area (Å²) in [4.78, 5) is 12.0. The number of carbonyl (C=O) groups is 1. The fourth-order valence-electron chi connectivity index (χ4n) is 1.93. The number of aryl methyl sites for hydroxylation is 1. The van der Waals surface area contributed by atoms with Gasteiger partial charge in [-0.3, -0.25) is 4.79 Å². The van der Waals surface area contributed by atoms with Crippen LogP contribution >= 0.6 is 0 Å². The van der Waals surface area contributed by atoms with Crippen LogP contribution in [-0.2, 0) is 6.42 Å². The number of furan rings is 1. The summed E-state index contributed by atoms with van der Waals surface area (Å²) in [7, 11) is 0. The molecule has 0 aliphatic heterocycles. The van der Waals surface area contributed by atoms with Crippen molar-refractivity contribution < 1.29 is 14.3 Å². The number of phenols is 1. The summed E-state index contributed by atoms with van der Waals surface area (Å²) in [6.45, 7) is 1.91. The minimum Gasteiger partial charge on any atom is -0.505 e. The summed E-state index contributed by atoms with van der Waals surface area (Å²) in [5.41, 5.74) is 5.95. The molecule has 1 unspecified atom stereocenters. The lowest BCUT2D eigenvalue weighted by Gasteiger charge is -2.14. The molecule has 2 rings (SSSR count). The number of phenolic OH excluding ortho intramolecular Hbond substituents is 1. The minimum atomic E-state index is -0.332. The number of hydrogen-bond acceptors (Lipinski definition) is 4. The number of rotatable bonds is 5. The van der Waals surface area contributed by atoms with Crippen molar-refractivity contribution in [2.75, 3.05) is 5.73 Å². The average Bonchev–Trinajstić information content (AvgIpc) is 2.92. The quantitative estimate of drug-likeness (QED) is 0.576. The molecule has 1 atom stereocenters. The first-order valence-corrected chi connectivity index (χ1v) is 6.48. The van der Waals surface area contributed by atoms with E-state index in [4.69, 9.17) is 10.2 Å². The SMILES string of the molecule is CC(CCc1ccco1)NC(=O)c1cccc(N)c1O. The Hall–Kier alpha value is -2.43. The first kappa shape index (κ1) is 14.0. The van der Waals surface area contributed by atoms with Crippen molar-refractivity contribution in [3.8, 4) is 5.75 Å². The number of carbonyl (C=O) groups excluding carboxylic acids is 1. The van der Waals surface area contributed by atoms with Gasteiger partial charge in [-0.25, -0.2) is 0 Å². The van der Waals surface area contributed by atoms with E-state index in [1.54, 1.807) is 24.5 Å². The lowest BCUT2D eigenvalue weighted by molar-refractivity contribution is 0.0935. The molecule has 2 aromatic rings. The molecule has 1 amide bonds. The van der Waals surface area contributed by atoms with Gasteiger partial charge < -0.3 is 20.6 Å². The number of nitrogens with one attached hydrogen (secondary N) is 1. The van der Waals surface area contributed by atoms with E-state index in [0.717, 1.165) is 18.6 Å². The van der Waals surface area contributed by atoms with Gasteiger partial charge in [-0.15, -0.1) is 0 Å². The van der Waals surface area contributed by atoms with E-state index >= 15 is 0 Å². The van der Waals surface area contributed by atoms with Gasteiger partial charge >= 0.3 is 0 Å². The molecule has 0 saturated heterocycles. The number of para-hydroxylation sites is 1. The van der Waals surface area contributed by atoms with Crippen molar-refractivity contribution in [2.24, 2.45) is 0 Å². The molecule has 1 aromatic heterocycles. The van der Waals surface area contributed by atoms with Crippen molar-refractivity contribution in [3.05, 3.63) is 47.9 Å². The Balaban J connectivity index is 1.92. The molecule has 0 spiro atoms. The Morgan fingerprint density at radius 3 is 2.90 bits per heavy atom.